The second-order valence-electron chi connectivity index (χ2n) is 8.29. The average Bonchev–Trinajstić information content (AvgIpc) is 2.91. The topological polar surface area (TPSA) is 80.6 Å². The van der Waals surface area contributed by atoms with E-state index in [-0.39, 0.29) is 5.57 Å². The van der Waals surface area contributed by atoms with E-state index in [1.807, 2.05) is 67.6 Å². The lowest BCUT2D eigenvalue weighted by Crippen LogP contribution is -2.14. The molecule has 0 saturated heterocycles. The number of nitrogens with zero attached hydrogens (tertiary/aromatic N) is 1. The highest BCUT2D eigenvalue weighted by Gasteiger charge is 2.17. The molecular weight excluding hydrogens is 488 g/mol. The van der Waals surface area contributed by atoms with Crippen LogP contribution in [0.5, 0.6) is 17.2 Å². The molecule has 0 saturated carbocycles. The highest BCUT2D eigenvalue weighted by Crippen LogP contribution is 2.36. The Hall–Kier alpha value is -4.47. The van der Waals surface area contributed by atoms with E-state index in [0.717, 1.165) is 21.9 Å². The third-order valence-corrected chi connectivity index (χ3v) is 6.08. The molecule has 0 unspecified atom stereocenters. The summed E-state index contributed by atoms with van der Waals surface area (Å²) >= 11 is 6.17. The summed E-state index contributed by atoms with van der Waals surface area (Å²) in [5.41, 5.74) is 3.01. The second-order valence-corrected chi connectivity index (χ2v) is 8.69. The molecule has 0 fully saturated rings. The van der Waals surface area contributed by atoms with Crippen LogP contribution in [-0.2, 0) is 11.4 Å². The van der Waals surface area contributed by atoms with Crippen molar-refractivity contribution in [3.05, 3.63) is 100 Å². The quantitative estimate of drug-likeness (QED) is 0.204. The smallest absolute Gasteiger partial charge is 0.266 e. The number of carbonyl (C=O) groups excluding carboxylic acids is 1. The summed E-state index contributed by atoms with van der Waals surface area (Å²) in [6.07, 6.45) is 1.54. The summed E-state index contributed by atoms with van der Waals surface area (Å²) in [6.45, 7) is 2.37. The number of nitriles is 1. The zero-order valence-electron chi connectivity index (χ0n) is 20.7. The van der Waals surface area contributed by atoms with E-state index in [9.17, 15) is 10.1 Å². The molecule has 4 aromatic rings. The first kappa shape index (κ1) is 25.6. The van der Waals surface area contributed by atoms with Crippen LogP contribution in [0.1, 0.15) is 16.7 Å². The lowest BCUT2D eigenvalue weighted by Gasteiger charge is -2.14. The number of hydrogen-bond donors (Lipinski definition) is 1. The molecule has 0 atom stereocenters. The van der Waals surface area contributed by atoms with Gasteiger partial charge in [-0.1, -0.05) is 71.8 Å². The molecule has 7 heteroatoms. The lowest BCUT2D eigenvalue weighted by atomic mass is 10.0. The van der Waals surface area contributed by atoms with Crippen LogP contribution in [0.4, 0.5) is 5.69 Å². The van der Waals surface area contributed by atoms with Crippen molar-refractivity contribution in [2.45, 2.75) is 13.5 Å². The first-order chi connectivity index (χ1) is 17.9. The van der Waals surface area contributed by atoms with E-state index < -0.39 is 5.91 Å². The fourth-order valence-electron chi connectivity index (χ4n) is 3.95. The van der Waals surface area contributed by atoms with Gasteiger partial charge in [0.25, 0.3) is 5.91 Å². The minimum atomic E-state index is -0.609. The summed E-state index contributed by atoms with van der Waals surface area (Å²) in [4.78, 5) is 13.2. The number of anilines is 1. The summed E-state index contributed by atoms with van der Waals surface area (Å²) < 4.78 is 16.8. The SMILES string of the molecule is COc1cc(NC(=O)/C(C#N)=C/c2c(OCc3cccc(C)c3)ccc3ccccc23)c(OC)cc1Cl. The van der Waals surface area contributed by atoms with Gasteiger partial charge in [-0.2, -0.15) is 5.26 Å². The van der Waals surface area contributed by atoms with Crippen LogP contribution in [0, 0.1) is 18.3 Å². The average molecular weight is 513 g/mol. The number of halogens is 1. The molecule has 6 nitrogen and oxygen atoms in total. The molecule has 0 radical (unpaired) electrons. The van der Waals surface area contributed by atoms with Crippen molar-refractivity contribution < 1.29 is 19.0 Å². The lowest BCUT2D eigenvalue weighted by molar-refractivity contribution is -0.112. The molecule has 1 amide bonds. The van der Waals surface area contributed by atoms with Crippen molar-refractivity contribution in [1.29, 1.82) is 5.26 Å². The number of nitrogens with one attached hydrogen (secondary N) is 1. The Morgan fingerprint density at radius 2 is 1.76 bits per heavy atom. The number of amides is 1. The predicted molar refractivity (Wildman–Crippen MR) is 146 cm³/mol. The van der Waals surface area contributed by atoms with Crippen LogP contribution < -0.4 is 19.5 Å². The number of benzene rings is 4. The number of ether oxygens (including phenoxy) is 3. The number of aryl methyl sites for hydroxylation is 1. The van der Waals surface area contributed by atoms with Crippen molar-refractivity contribution in [1.82, 2.24) is 0 Å². The molecule has 0 spiro atoms. The van der Waals surface area contributed by atoms with E-state index in [1.165, 1.54) is 20.3 Å². The summed E-state index contributed by atoms with van der Waals surface area (Å²) in [7, 11) is 2.93. The molecule has 0 aromatic heterocycles. The zero-order valence-corrected chi connectivity index (χ0v) is 21.4. The predicted octanol–water partition coefficient (Wildman–Crippen LogP) is 6.94. The largest absolute Gasteiger partial charge is 0.495 e. The van der Waals surface area contributed by atoms with Gasteiger partial charge >= 0.3 is 0 Å². The van der Waals surface area contributed by atoms with Crippen molar-refractivity contribution in [2.75, 3.05) is 19.5 Å². The molecule has 0 aliphatic rings. The highest BCUT2D eigenvalue weighted by molar-refractivity contribution is 6.32. The molecule has 4 rings (SSSR count). The fraction of sp³-hybridized carbons (Fsp3) is 0.133. The summed E-state index contributed by atoms with van der Waals surface area (Å²) in [6, 6.07) is 24.7. The maximum absolute atomic E-state index is 13.2. The Morgan fingerprint density at radius 3 is 2.49 bits per heavy atom. The van der Waals surface area contributed by atoms with Crippen molar-refractivity contribution in [2.24, 2.45) is 0 Å². The summed E-state index contributed by atoms with van der Waals surface area (Å²) in [5, 5.41) is 14.8. The second kappa shape index (κ2) is 11.5. The molecule has 0 bridgehead atoms. The van der Waals surface area contributed by atoms with Crippen LogP contribution in [0.3, 0.4) is 0 Å². The van der Waals surface area contributed by atoms with Gasteiger partial charge in [0, 0.05) is 17.7 Å². The van der Waals surface area contributed by atoms with Crippen LogP contribution in [0.15, 0.2) is 78.4 Å². The van der Waals surface area contributed by atoms with E-state index >= 15 is 0 Å². The number of carbonyl (C=O) groups is 1. The Kier molecular flexibility index (Phi) is 7.97. The van der Waals surface area contributed by atoms with E-state index in [0.29, 0.717) is 40.1 Å². The normalized spacial score (nSPS) is 11.1. The number of fused-ring (bicyclic) bond motifs is 1. The fourth-order valence-corrected chi connectivity index (χ4v) is 4.18. The maximum atomic E-state index is 13.2. The number of methoxy groups -OCH3 is 2. The monoisotopic (exact) mass is 512 g/mol. The first-order valence-corrected chi connectivity index (χ1v) is 11.9. The zero-order chi connectivity index (χ0) is 26.4. The van der Waals surface area contributed by atoms with Gasteiger partial charge in [-0.05, 0) is 35.4 Å². The Labute approximate surface area is 220 Å². The third-order valence-electron chi connectivity index (χ3n) is 5.78. The molecule has 4 aromatic carbocycles. The van der Waals surface area contributed by atoms with Gasteiger partial charge < -0.3 is 19.5 Å². The van der Waals surface area contributed by atoms with Crippen molar-refractivity contribution >= 4 is 40.0 Å². The molecule has 0 aliphatic heterocycles. The molecule has 0 aliphatic carbocycles. The molecule has 37 heavy (non-hydrogen) atoms. The van der Waals surface area contributed by atoms with Gasteiger partial charge in [0.05, 0.1) is 24.9 Å². The molecule has 1 N–H and O–H groups in total. The minimum Gasteiger partial charge on any atom is -0.495 e. The van der Waals surface area contributed by atoms with Gasteiger partial charge in [-0.15, -0.1) is 0 Å². The maximum Gasteiger partial charge on any atom is 0.266 e. The third kappa shape index (κ3) is 5.85. The van der Waals surface area contributed by atoms with Gasteiger partial charge in [0.1, 0.15) is 35.5 Å². The first-order valence-electron chi connectivity index (χ1n) is 11.5. The van der Waals surface area contributed by atoms with Gasteiger partial charge in [0.2, 0.25) is 0 Å². The van der Waals surface area contributed by atoms with Crippen molar-refractivity contribution in [3.8, 4) is 23.3 Å². The Balaban J connectivity index is 1.71. The Morgan fingerprint density at radius 1 is 0.973 bits per heavy atom. The van der Waals surface area contributed by atoms with E-state index in [4.69, 9.17) is 25.8 Å². The molecular formula is C30H25ClN2O4. The van der Waals surface area contributed by atoms with E-state index in [2.05, 4.69) is 11.4 Å². The number of hydrogen-bond acceptors (Lipinski definition) is 5. The highest BCUT2D eigenvalue weighted by atomic mass is 35.5. The summed E-state index contributed by atoms with van der Waals surface area (Å²) in [5.74, 6) is 0.652. The van der Waals surface area contributed by atoms with Crippen LogP contribution in [-0.4, -0.2) is 20.1 Å². The van der Waals surface area contributed by atoms with Crippen LogP contribution >= 0.6 is 11.6 Å². The van der Waals surface area contributed by atoms with Gasteiger partial charge in [-0.3, -0.25) is 4.79 Å². The Bertz CT molecular complexity index is 1540. The van der Waals surface area contributed by atoms with Crippen molar-refractivity contribution in [3.63, 3.8) is 0 Å². The van der Waals surface area contributed by atoms with Gasteiger partial charge in [-0.25, -0.2) is 0 Å². The van der Waals surface area contributed by atoms with Crippen LogP contribution in [0.2, 0.25) is 5.02 Å². The van der Waals surface area contributed by atoms with Crippen LogP contribution in [0.25, 0.3) is 16.8 Å². The van der Waals surface area contributed by atoms with E-state index in [1.54, 1.807) is 12.1 Å². The molecule has 186 valence electrons. The number of rotatable bonds is 8. The standard InChI is InChI=1S/C30H25ClN2O4/c1-19-7-6-8-20(13-19)18-37-27-12-11-21-9-4-5-10-23(21)24(27)14-22(17-32)30(34)33-26-16-28(35-2)25(31)15-29(26)36-3/h4-16H,18H2,1-3H3,(H,33,34)/b22-14+. The molecule has 0 heterocycles. The minimum absolute atomic E-state index is 0.104. The van der Waals surface area contributed by atoms with Gasteiger partial charge in [0.15, 0.2) is 0 Å².